The van der Waals surface area contributed by atoms with Crippen LogP contribution in [0.5, 0.6) is 0 Å². The third kappa shape index (κ3) is 4.72. The number of nitrogens with zero attached hydrogens (tertiary/aromatic N) is 2. The highest BCUT2D eigenvalue weighted by Gasteiger charge is 2.09. The number of non-ortho nitro benzene ring substituents is 1. The lowest BCUT2D eigenvalue weighted by Gasteiger charge is -2.00. The maximum absolute atomic E-state index is 12.0. The molecule has 3 aromatic rings. The van der Waals surface area contributed by atoms with E-state index in [2.05, 4.69) is 15.3 Å². The molecule has 1 heterocycles. The number of nitrogens with one attached hydrogen (secondary N) is 1. The zero-order valence-electron chi connectivity index (χ0n) is 15.2. The van der Waals surface area contributed by atoms with Crippen molar-refractivity contribution in [1.29, 1.82) is 0 Å². The largest absolute Gasteiger partial charge is 0.465 e. The second-order valence-corrected chi connectivity index (χ2v) is 5.77. The number of esters is 1. The van der Waals surface area contributed by atoms with Crippen LogP contribution in [0.1, 0.15) is 26.5 Å². The number of methoxy groups -OCH3 is 1. The zero-order valence-corrected chi connectivity index (χ0v) is 15.2. The van der Waals surface area contributed by atoms with E-state index in [1.54, 1.807) is 36.4 Å². The molecule has 0 saturated carbocycles. The molecule has 9 nitrogen and oxygen atoms in total. The van der Waals surface area contributed by atoms with E-state index in [0.29, 0.717) is 17.1 Å². The molecule has 0 spiro atoms. The monoisotopic (exact) mass is 393 g/mol. The first-order chi connectivity index (χ1) is 14.0. The summed E-state index contributed by atoms with van der Waals surface area (Å²) in [5.74, 6) is 0.0273. The van der Waals surface area contributed by atoms with Crippen LogP contribution in [0.25, 0.3) is 11.3 Å². The molecule has 1 N–H and O–H groups in total. The summed E-state index contributed by atoms with van der Waals surface area (Å²) in [4.78, 5) is 33.5. The predicted octanol–water partition coefficient (Wildman–Crippen LogP) is 3.41. The number of hydrazone groups is 1. The number of hydrogen-bond acceptors (Lipinski definition) is 7. The van der Waals surface area contributed by atoms with Crippen molar-refractivity contribution in [2.45, 2.75) is 0 Å². The molecule has 0 aliphatic carbocycles. The van der Waals surface area contributed by atoms with Crippen LogP contribution in [0.4, 0.5) is 5.69 Å². The molecule has 2 aromatic carbocycles. The number of carbonyl (C=O) groups is 2. The summed E-state index contributed by atoms with van der Waals surface area (Å²) in [5, 5.41) is 14.4. The van der Waals surface area contributed by atoms with Gasteiger partial charge in [-0.25, -0.2) is 10.2 Å². The SMILES string of the molecule is COC(=O)c1ccc(-c2ccc(/C=N\NC(=O)c3ccc([N+](=O)[O-])cc3)o2)cc1. The molecule has 146 valence electrons. The quantitative estimate of drug-likeness (QED) is 0.296. The topological polar surface area (TPSA) is 124 Å². The Labute approximate surface area is 164 Å². The van der Waals surface area contributed by atoms with Crippen molar-refractivity contribution in [3.05, 3.63) is 87.7 Å². The third-order valence-electron chi connectivity index (χ3n) is 3.92. The molecule has 0 radical (unpaired) electrons. The Morgan fingerprint density at radius 2 is 1.69 bits per heavy atom. The molecule has 0 unspecified atom stereocenters. The summed E-state index contributed by atoms with van der Waals surface area (Å²) >= 11 is 0. The first kappa shape index (κ1) is 19.5. The number of ether oxygens (including phenoxy) is 1. The lowest BCUT2D eigenvalue weighted by molar-refractivity contribution is -0.384. The predicted molar refractivity (Wildman–Crippen MR) is 104 cm³/mol. The van der Waals surface area contributed by atoms with Crippen molar-refractivity contribution >= 4 is 23.8 Å². The minimum atomic E-state index is -0.544. The van der Waals surface area contributed by atoms with E-state index in [9.17, 15) is 19.7 Å². The van der Waals surface area contributed by atoms with E-state index in [1.165, 1.54) is 37.6 Å². The number of nitro benzene ring substituents is 1. The van der Waals surface area contributed by atoms with Gasteiger partial charge in [-0.15, -0.1) is 0 Å². The van der Waals surface area contributed by atoms with Gasteiger partial charge in [0.25, 0.3) is 11.6 Å². The maximum Gasteiger partial charge on any atom is 0.337 e. The zero-order chi connectivity index (χ0) is 20.8. The lowest BCUT2D eigenvalue weighted by Crippen LogP contribution is -2.17. The summed E-state index contributed by atoms with van der Waals surface area (Å²) in [6.45, 7) is 0. The van der Waals surface area contributed by atoms with E-state index in [1.807, 2.05) is 0 Å². The van der Waals surface area contributed by atoms with Gasteiger partial charge in [-0.1, -0.05) is 12.1 Å². The van der Waals surface area contributed by atoms with Gasteiger partial charge in [0.05, 0.1) is 23.8 Å². The summed E-state index contributed by atoms with van der Waals surface area (Å²) in [6, 6.07) is 15.3. The van der Waals surface area contributed by atoms with Gasteiger partial charge in [0.15, 0.2) is 0 Å². The highest BCUT2D eigenvalue weighted by molar-refractivity contribution is 5.95. The highest BCUT2D eigenvalue weighted by atomic mass is 16.6. The van der Waals surface area contributed by atoms with Crippen LogP contribution in [0.3, 0.4) is 0 Å². The molecule has 0 bridgehead atoms. The maximum atomic E-state index is 12.0. The van der Waals surface area contributed by atoms with Crippen molar-refractivity contribution in [3.8, 4) is 11.3 Å². The van der Waals surface area contributed by atoms with Gasteiger partial charge < -0.3 is 9.15 Å². The number of nitro groups is 1. The summed E-state index contributed by atoms with van der Waals surface area (Å²) < 4.78 is 10.3. The van der Waals surface area contributed by atoms with Crippen molar-refractivity contribution in [1.82, 2.24) is 5.43 Å². The average Bonchev–Trinajstić information content (AvgIpc) is 3.22. The number of benzene rings is 2. The van der Waals surface area contributed by atoms with Crippen LogP contribution >= 0.6 is 0 Å². The van der Waals surface area contributed by atoms with Gasteiger partial charge in [0.1, 0.15) is 11.5 Å². The summed E-state index contributed by atoms with van der Waals surface area (Å²) in [5.41, 5.74) is 3.64. The number of hydrogen-bond donors (Lipinski definition) is 1. The standard InChI is InChI=1S/C20H15N3O6/c1-28-20(25)15-4-2-13(3-5-15)18-11-10-17(29-18)12-21-22-19(24)14-6-8-16(9-7-14)23(26)27/h2-12H,1H3,(H,22,24)/b21-12-. The van der Waals surface area contributed by atoms with E-state index >= 15 is 0 Å². The second kappa shape index (κ2) is 8.61. The number of carbonyl (C=O) groups excluding carboxylic acids is 2. The minimum absolute atomic E-state index is 0.104. The Morgan fingerprint density at radius 1 is 1.03 bits per heavy atom. The van der Waals surface area contributed by atoms with Gasteiger partial charge in [-0.2, -0.15) is 5.10 Å². The Bertz CT molecular complexity index is 1070. The lowest BCUT2D eigenvalue weighted by atomic mass is 10.1. The second-order valence-electron chi connectivity index (χ2n) is 5.77. The van der Waals surface area contributed by atoms with E-state index in [4.69, 9.17) is 4.42 Å². The molecule has 0 aliphatic heterocycles. The molecule has 1 amide bonds. The highest BCUT2D eigenvalue weighted by Crippen LogP contribution is 2.22. The Kier molecular flexibility index (Phi) is 5.79. The molecule has 3 rings (SSSR count). The first-order valence-electron chi connectivity index (χ1n) is 8.34. The summed E-state index contributed by atoms with van der Waals surface area (Å²) in [6.07, 6.45) is 1.33. The Hall–Kier alpha value is -4.27. The normalized spacial score (nSPS) is 10.7. The minimum Gasteiger partial charge on any atom is -0.465 e. The van der Waals surface area contributed by atoms with Crippen LogP contribution in [-0.2, 0) is 4.74 Å². The van der Waals surface area contributed by atoms with Crippen molar-refractivity contribution in [3.63, 3.8) is 0 Å². The number of furan rings is 1. The van der Waals surface area contributed by atoms with Gasteiger partial charge >= 0.3 is 5.97 Å². The fraction of sp³-hybridized carbons (Fsp3) is 0.0500. The molecular weight excluding hydrogens is 378 g/mol. The third-order valence-corrected chi connectivity index (χ3v) is 3.92. The van der Waals surface area contributed by atoms with Gasteiger partial charge in [0.2, 0.25) is 0 Å². The van der Waals surface area contributed by atoms with Crippen LogP contribution in [0.15, 0.2) is 70.2 Å². The molecule has 0 atom stereocenters. The van der Waals surface area contributed by atoms with Crippen molar-refractivity contribution in [2.75, 3.05) is 7.11 Å². The molecule has 0 fully saturated rings. The molecule has 29 heavy (non-hydrogen) atoms. The number of rotatable bonds is 6. The van der Waals surface area contributed by atoms with E-state index in [0.717, 1.165) is 5.56 Å². The van der Waals surface area contributed by atoms with Gasteiger partial charge in [0, 0.05) is 23.3 Å². The Morgan fingerprint density at radius 3 is 2.31 bits per heavy atom. The molecule has 0 saturated heterocycles. The molecule has 0 aliphatic rings. The van der Waals surface area contributed by atoms with E-state index in [-0.39, 0.29) is 11.3 Å². The first-order valence-corrected chi connectivity index (χ1v) is 8.34. The van der Waals surface area contributed by atoms with Crippen LogP contribution in [0.2, 0.25) is 0 Å². The van der Waals surface area contributed by atoms with Crippen LogP contribution in [0, 0.1) is 10.1 Å². The Balaban J connectivity index is 1.62. The van der Waals surface area contributed by atoms with Crippen molar-refractivity contribution in [2.24, 2.45) is 5.10 Å². The van der Waals surface area contributed by atoms with Gasteiger partial charge in [-0.05, 0) is 36.4 Å². The summed E-state index contributed by atoms with van der Waals surface area (Å²) in [7, 11) is 1.31. The van der Waals surface area contributed by atoms with Crippen LogP contribution < -0.4 is 5.43 Å². The van der Waals surface area contributed by atoms with Crippen LogP contribution in [-0.4, -0.2) is 30.1 Å². The van der Waals surface area contributed by atoms with Gasteiger partial charge in [-0.3, -0.25) is 14.9 Å². The fourth-order valence-corrected chi connectivity index (χ4v) is 2.42. The number of amides is 1. The van der Waals surface area contributed by atoms with Crippen molar-refractivity contribution < 1.29 is 23.7 Å². The smallest absolute Gasteiger partial charge is 0.337 e. The molecule has 1 aromatic heterocycles. The van der Waals surface area contributed by atoms with E-state index < -0.39 is 16.8 Å². The fourth-order valence-electron chi connectivity index (χ4n) is 2.42. The molecule has 9 heteroatoms. The molecular formula is C20H15N3O6. The average molecular weight is 393 g/mol.